The third kappa shape index (κ3) is 2.12. The van der Waals surface area contributed by atoms with Crippen molar-refractivity contribution in [2.75, 3.05) is 7.11 Å². The monoisotopic (exact) mass is 212 g/mol. The van der Waals surface area contributed by atoms with Gasteiger partial charge in [0.15, 0.2) is 0 Å². The second-order valence-electron chi connectivity index (χ2n) is 2.78. The summed E-state index contributed by atoms with van der Waals surface area (Å²) < 4.78 is 4.32. The quantitative estimate of drug-likeness (QED) is 0.428. The Hall–Kier alpha value is -1.35. The van der Waals surface area contributed by atoms with E-state index in [1.807, 2.05) is 0 Å². The number of esters is 1. The summed E-state index contributed by atoms with van der Waals surface area (Å²) >= 11 is 5.77. The molecular weight excluding hydrogens is 204 g/mol. The van der Waals surface area contributed by atoms with Gasteiger partial charge in [0.05, 0.1) is 7.11 Å². The first kappa shape index (κ1) is 10.7. The predicted octanol–water partition coefficient (Wildman–Crippen LogP) is 2.00. The second kappa shape index (κ2) is 4.24. The van der Waals surface area contributed by atoms with Crippen molar-refractivity contribution >= 4 is 23.4 Å². The van der Waals surface area contributed by atoms with Crippen LogP contribution in [0.1, 0.15) is 15.9 Å². The van der Waals surface area contributed by atoms with E-state index in [0.29, 0.717) is 10.6 Å². The number of carbonyl (C=O) groups excluding carboxylic acids is 2. The van der Waals surface area contributed by atoms with Crippen LogP contribution in [0.25, 0.3) is 0 Å². The first-order chi connectivity index (χ1) is 6.56. The van der Waals surface area contributed by atoms with Crippen molar-refractivity contribution in [1.29, 1.82) is 0 Å². The normalized spacial score (nSPS) is 9.64. The largest absolute Gasteiger partial charge is 0.463 e. The first-order valence-corrected chi connectivity index (χ1v) is 4.33. The number of Topliss-reactive ketones (excluding diaryl/α,β-unsaturated/α-hetero) is 1. The molecule has 0 radical (unpaired) electrons. The fourth-order valence-corrected chi connectivity index (χ4v) is 1.11. The van der Waals surface area contributed by atoms with E-state index in [2.05, 4.69) is 4.74 Å². The summed E-state index contributed by atoms with van der Waals surface area (Å²) in [4.78, 5) is 22.2. The summed E-state index contributed by atoms with van der Waals surface area (Å²) in [6, 6.07) is 4.63. The minimum Gasteiger partial charge on any atom is -0.463 e. The van der Waals surface area contributed by atoms with Crippen molar-refractivity contribution in [2.24, 2.45) is 0 Å². The highest BCUT2D eigenvalue weighted by atomic mass is 35.5. The van der Waals surface area contributed by atoms with E-state index in [4.69, 9.17) is 11.6 Å². The molecule has 0 saturated heterocycles. The van der Waals surface area contributed by atoms with Gasteiger partial charge in [-0.25, -0.2) is 4.79 Å². The molecule has 4 heteroatoms. The molecule has 0 N–H and O–H groups in total. The molecule has 0 heterocycles. The van der Waals surface area contributed by atoms with Gasteiger partial charge in [-0.2, -0.15) is 0 Å². The topological polar surface area (TPSA) is 43.4 Å². The molecule has 0 spiro atoms. The van der Waals surface area contributed by atoms with Gasteiger partial charge in [0.1, 0.15) is 0 Å². The van der Waals surface area contributed by atoms with Gasteiger partial charge in [-0.3, -0.25) is 4.79 Å². The van der Waals surface area contributed by atoms with Crippen LogP contribution in [0.15, 0.2) is 18.2 Å². The van der Waals surface area contributed by atoms with E-state index < -0.39 is 11.8 Å². The zero-order valence-corrected chi connectivity index (χ0v) is 8.59. The maximum atomic E-state index is 11.3. The number of methoxy groups -OCH3 is 1. The molecule has 0 fully saturated rings. The Bertz CT molecular complexity index is 385. The zero-order valence-electron chi connectivity index (χ0n) is 7.83. The molecule has 0 aliphatic heterocycles. The Morgan fingerprint density at radius 1 is 1.36 bits per heavy atom. The lowest BCUT2D eigenvalue weighted by atomic mass is 10.1. The first-order valence-electron chi connectivity index (χ1n) is 3.95. The summed E-state index contributed by atoms with van der Waals surface area (Å²) in [7, 11) is 1.17. The molecule has 0 saturated carbocycles. The summed E-state index contributed by atoms with van der Waals surface area (Å²) in [6.45, 7) is 1.76. The maximum absolute atomic E-state index is 11.3. The van der Waals surface area contributed by atoms with Crippen LogP contribution in [-0.2, 0) is 9.53 Å². The molecule has 14 heavy (non-hydrogen) atoms. The number of carbonyl (C=O) groups is 2. The lowest BCUT2D eigenvalue weighted by Gasteiger charge is -2.01. The number of aryl methyl sites for hydroxylation is 1. The molecule has 0 aliphatic carbocycles. The van der Waals surface area contributed by atoms with Crippen molar-refractivity contribution < 1.29 is 14.3 Å². The standard InChI is InChI=1S/C10H9ClO3/c1-6-5-7(3-4-8(6)11)9(12)10(13)14-2/h3-5H,1-2H3. The average molecular weight is 213 g/mol. The SMILES string of the molecule is COC(=O)C(=O)c1ccc(Cl)c(C)c1. The van der Waals surface area contributed by atoms with Crippen LogP contribution < -0.4 is 0 Å². The van der Waals surface area contributed by atoms with Crippen LogP contribution in [0.4, 0.5) is 0 Å². The fraction of sp³-hybridized carbons (Fsp3) is 0.200. The second-order valence-corrected chi connectivity index (χ2v) is 3.19. The highest BCUT2D eigenvalue weighted by Crippen LogP contribution is 2.16. The van der Waals surface area contributed by atoms with E-state index in [1.165, 1.54) is 13.2 Å². The molecule has 3 nitrogen and oxygen atoms in total. The van der Waals surface area contributed by atoms with Gasteiger partial charge in [-0.05, 0) is 30.7 Å². The summed E-state index contributed by atoms with van der Waals surface area (Å²) in [6.07, 6.45) is 0. The third-order valence-electron chi connectivity index (χ3n) is 1.79. The van der Waals surface area contributed by atoms with Crippen LogP contribution in [-0.4, -0.2) is 18.9 Å². The molecular formula is C10H9ClO3. The van der Waals surface area contributed by atoms with Crippen LogP contribution >= 0.6 is 11.6 Å². The van der Waals surface area contributed by atoms with Gasteiger partial charge in [0.25, 0.3) is 5.78 Å². The van der Waals surface area contributed by atoms with Crippen LogP contribution in [0.3, 0.4) is 0 Å². The summed E-state index contributed by atoms with van der Waals surface area (Å²) in [5.74, 6) is -1.53. The molecule has 1 aromatic carbocycles. The molecule has 0 bridgehead atoms. The number of ether oxygens (including phenoxy) is 1. The lowest BCUT2D eigenvalue weighted by Crippen LogP contribution is -2.15. The van der Waals surface area contributed by atoms with E-state index in [0.717, 1.165) is 5.56 Å². The van der Waals surface area contributed by atoms with Gasteiger partial charge in [0.2, 0.25) is 0 Å². The molecule has 0 aliphatic rings. The van der Waals surface area contributed by atoms with E-state index >= 15 is 0 Å². The number of hydrogen-bond donors (Lipinski definition) is 0. The minimum absolute atomic E-state index is 0.291. The van der Waals surface area contributed by atoms with Gasteiger partial charge in [-0.15, -0.1) is 0 Å². The van der Waals surface area contributed by atoms with Crippen molar-refractivity contribution in [3.8, 4) is 0 Å². The van der Waals surface area contributed by atoms with Crippen molar-refractivity contribution in [2.45, 2.75) is 6.92 Å². The summed E-state index contributed by atoms with van der Waals surface area (Å²) in [5.41, 5.74) is 1.04. The smallest absolute Gasteiger partial charge is 0.379 e. The summed E-state index contributed by atoms with van der Waals surface area (Å²) in [5, 5.41) is 0.561. The molecule has 1 rings (SSSR count). The van der Waals surface area contributed by atoms with Gasteiger partial charge >= 0.3 is 5.97 Å². The van der Waals surface area contributed by atoms with E-state index in [-0.39, 0.29) is 0 Å². The Balaban J connectivity index is 3.03. The molecule has 1 aromatic rings. The molecule has 0 unspecified atom stereocenters. The number of halogens is 1. The fourth-order valence-electron chi connectivity index (χ4n) is 0.996. The number of ketones is 1. The van der Waals surface area contributed by atoms with E-state index in [1.54, 1.807) is 19.1 Å². The predicted molar refractivity (Wildman–Crippen MR) is 52.5 cm³/mol. The number of hydrogen-bond acceptors (Lipinski definition) is 3. The van der Waals surface area contributed by atoms with Crippen molar-refractivity contribution in [3.05, 3.63) is 34.3 Å². The van der Waals surface area contributed by atoms with Crippen LogP contribution in [0.5, 0.6) is 0 Å². The van der Waals surface area contributed by atoms with Gasteiger partial charge in [0, 0.05) is 10.6 Å². The zero-order chi connectivity index (χ0) is 10.7. The Kier molecular flexibility index (Phi) is 3.25. The highest BCUT2D eigenvalue weighted by Gasteiger charge is 2.16. The Labute approximate surface area is 86.6 Å². The average Bonchev–Trinajstić information content (AvgIpc) is 2.20. The number of rotatable bonds is 2. The van der Waals surface area contributed by atoms with Gasteiger partial charge < -0.3 is 4.74 Å². The molecule has 0 aromatic heterocycles. The molecule has 0 amide bonds. The molecule has 74 valence electrons. The number of benzene rings is 1. The van der Waals surface area contributed by atoms with Crippen LogP contribution in [0, 0.1) is 6.92 Å². The minimum atomic E-state index is -0.869. The highest BCUT2D eigenvalue weighted by molar-refractivity contribution is 6.40. The van der Waals surface area contributed by atoms with Crippen molar-refractivity contribution in [3.63, 3.8) is 0 Å². The van der Waals surface area contributed by atoms with Crippen molar-refractivity contribution in [1.82, 2.24) is 0 Å². The Morgan fingerprint density at radius 2 is 2.00 bits per heavy atom. The van der Waals surface area contributed by atoms with E-state index in [9.17, 15) is 9.59 Å². The maximum Gasteiger partial charge on any atom is 0.379 e. The Morgan fingerprint density at radius 3 is 2.50 bits per heavy atom. The van der Waals surface area contributed by atoms with Crippen LogP contribution in [0.2, 0.25) is 5.02 Å². The van der Waals surface area contributed by atoms with Gasteiger partial charge in [-0.1, -0.05) is 11.6 Å². The lowest BCUT2D eigenvalue weighted by molar-refractivity contribution is -0.135. The molecule has 0 atom stereocenters. The third-order valence-corrected chi connectivity index (χ3v) is 2.22.